The number of rotatable bonds is 4. The molecule has 8 heteroatoms. The highest BCUT2D eigenvalue weighted by Gasteiger charge is 2.27. The molecule has 0 bridgehead atoms. The normalized spacial score (nSPS) is 12.7. The first-order valence-electron chi connectivity index (χ1n) is 12.5. The number of halogens is 1. The molecule has 1 amide bonds. The van der Waals surface area contributed by atoms with E-state index in [1.54, 1.807) is 33.7 Å². The Kier molecular flexibility index (Phi) is 9.66. The average Bonchev–Trinajstić information content (AvgIpc) is 2.96. The van der Waals surface area contributed by atoms with Crippen molar-refractivity contribution >= 4 is 34.1 Å². The number of nitriles is 1. The number of fused-ring (bicyclic) bond motifs is 1. The summed E-state index contributed by atoms with van der Waals surface area (Å²) in [7, 11) is 0. The first kappa shape index (κ1) is 28.5. The predicted molar refractivity (Wildman–Crippen MR) is 154 cm³/mol. The Balaban J connectivity index is 0.00000130. The second-order valence-electron chi connectivity index (χ2n) is 8.52. The third-order valence-corrected chi connectivity index (χ3v) is 6.67. The van der Waals surface area contributed by atoms with Crippen molar-refractivity contribution in [2.24, 2.45) is 0 Å². The first-order chi connectivity index (χ1) is 18.1. The van der Waals surface area contributed by atoms with E-state index in [2.05, 4.69) is 11.0 Å². The van der Waals surface area contributed by atoms with E-state index in [4.69, 9.17) is 11.6 Å². The molecule has 1 aromatic heterocycles. The quantitative estimate of drug-likeness (QED) is 0.364. The summed E-state index contributed by atoms with van der Waals surface area (Å²) in [6.07, 6.45) is 0. The van der Waals surface area contributed by atoms with Crippen LogP contribution in [-0.2, 0) is 6.54 Å². The van der Waals surface area contributed by atoms with Crippen molar-refractivity contribution in [3.8, 4) is 6.07 Å². The molecule has 1 aliphatic heterocycles. The lowest BCUT2D eigenvalue weighted by molar-refractivity contribution is 0.0747. The van der Waals surface area contributed by atoms with Gasteiger partial charge in [-0.05, 0) is 35.9 Å². The number of para-hydroxylation sites is 1. The molecule has 196 valence electrons. The van der Waals surface area contributed by atoms with Gasteiger partial charge in [-0.25, -0.2) is 0 Å². The lowest BCUT2D eigenvalue weighted by atomic mass is 10.1. The molecule has 7 nitrogen and oxygen atoms in total. The molecule has 1 fully saturated rings. The van der Waals surface area contributed by atoms with E-state index < -0.39 is 0 Å². The standard InChI is InChI=1S/C28H23ClN4O2.C2H6.H3N/c29-22-12-10-21(11-13-22)27(34)32-16-14-31(15-17-32)26-23-8-4-5-9-25(23)33(28(35)24(26)18-30)19-20-6-2-1-3-7-20;1-2;/h1-13H,14-17,19H2;1-2H3;1H3. The second kappa shape index (κ2) is 12.9. The molecule has 4 aromatic rings. The van der Waals surface area contributed by atoms with Crippen LogP contribution in [0.3, 0.4) is 0 Å². The van der Waals surface area contributed by atoms with E-state index in [0.29, 0.717) is 49.0 Å². The van der Waals surface area contributed by atoms with Crippen LogP contribution in [0.15, 0.2) is 83.7 Å². The number of hydrogen-bond donors (Lipinski definition) is 1. The number of nitrogens with zero attached hydrogens (tertiary/aromatic N) is 4. The van der Waals surface area contributed by atoms with Gasteiger partial charge < -0.3 is 20.5 Å². The summed E-state index contributed by atoms with van der Waals surface area (Å²) < 4.78 is 1.67. The molecule has 0 spiro atoms. The van der Waals surface area contributed by atoms with Gasteiger partial charge in [0.25, 0.3) is 11.5 Å². The fourth-order valence-corrected chi connectivity index (χ4v) is 4.78. The molecule has 1 aliphatic rings. The van der Waals surface area contributed by atoms with Crippen molar-refractivity contribution in [3.63, 3.8) is 0 Å². The van der Waals surface area contributed by atoms with Crippen LogP contribution in [0.2, 0.25) is 5.02 Å². The summed E-state index contributed by atoms with van der Waals surface area (Å²) in [4.78, 5) is 30.3. The number of amides is 1. The van der Waals surface area contributed by atoms with Crippen molar-refractivity contribution in [1.29, 1.82) is 5.26 Å². The van der Waals surface area contributed by atoms with Crippen molar-refractivity contribution < 1.29 is 4.79 Å². The summed E-state index contributed by atoms with van der Waals surface area (Å²) in [6.45, 7) is 6.43. The van der Waals surface area contributed by atoms with Crippen LogP contribution in [0.1, 0.15) is 35.3 Å². The fourth-order valence-electron chi connectivity index (χ4n) is 4.65. The summed E-state index contributed by atoms with van der Waals surface area (Å²) in [5, 5.41) is 11.5. The van der Waals surface area contributed by atoms with Crippen molar-refractivity contribution in [3.05, 3.63) is 111 Å². The molecule has 0 aliphatic carbocycles. The molecule has 0 saturated carbocycles. The third kappa shape index (κ3) is 5.72. The minimum atomic E-state index is -0.301. The van der Waals surface area contributed by atoms with E-state index in [1.807, 2.05) is 68.4 Å². The maximum atomic E-state index is 13.5. The van der Waals surface area contributed by atoms with Gasteiger partial charge in [-0.2, -0.15) is 5.26 Å². The average molecular weight is 530 g/mol. The molecule has 0 radical (unpaired) electrons. The SMILES string of the molecule is CC.N.N#Cc1c(N2CCN(C(=O)c3ccc(Cl)cc3)CC2)c2ccccc2n(Cc2ccccc2)c1=O. The fraction of sp³-hybridized carbons (Fsp3) is 0.233. The van der Waals surface area contributed by atoms with Crippen molar-refractivity contribution in [2.75, 3.05) is 31.1 Å². The molecular formula is C30H32ClN5O2. The van der Waals surface area contributed by atoms with Gasteiger partial charge in [-0.3, -0.25) is 9.59 Å². The highest BCUT2D eigenvalue weighted by molar-refractivity contribution is 6.30. The lowest BCUT2D eigenvalue weighted by Gasteiger charge is -2.37. The number of pyridine rings is 1. The summed E-state index contributed by atoms with van der Waals surface area (Å²) in [5.74, 6) is -0.0510. The van der Waals surface area contributed by atoms with Crippen LogP contribution >= 0.6 is 11.6 Å². The van der Waals surface area contributed by atoms with Crippen molar-refractivity contribution in [1.82, 2.24) is 15.6 Å². The first-order valence-corrected chi connectivity index (χ1v) is 12.8. The minimum absolute atomic E-state index is 0. The van der Waals surface area contributed by atoms with Gasteiger partial charge in [-0.1, -0.05) is 74.0 Å². The number of anilines is 1. The monoisotopic (exact) mass is 529 g/mol. The lowest BCUT2D eigenvalue weighted by Crippen LogP contribution is -2.49. The van der Waals surface area contributed by atoms with Crippen molar-refractivity contribution in [2.45, 2.75) is 20.4 Å². The maximum absolute atomic E-state index is 13.5. The van der Waals surface area contributed by atoms with E-state index in [9.17, 15) is 14.9 Å². The number of carbonyl (C=O) groups is 1. The Morgan fingerprint density at radius 2 is 1.50 bits per heavy atom. The van der Waals surface area contributed by atoms with Gasteiger partial charge in [0.1, 0.15) is 11.6 Å². The van der Waals surface area contributed by atoms with Crippen LogP contribution in [0.4, 0.5) is 5.69 Å². The number of hydrogen-bond acceptors (Lipinski definition) is 5. The Morgan fingerprint density at radius 1 is 0.895 bits per heavy atom. The molecule has 3 aromatic carbocycles. The summed E-state index contributed by atoms with van der Waals surface area (Å²) in [6, 6.07) is 26.5. The van der Waals surface area contributed by atoms with Gasteiger partial charge in [0.2, 0.25) is 0 Å². The molecule has 1 saturated heterocycles. The Hall–Kier alpha value is -4.12. The Labute approximate surface area is 228 Å². The van der Waals surface area contributed by atoms with Crippen LogP contribution in [0.5, 0.6) is 0 Å². The molecule has 2 heterocycles. The maximum Gasteiger partial charge on any atom is 0.271 e. The molecular weight excluding hydrogens is 498 g/mol. The number of aromatic nitrogens is 1. The van der Waals surface area contributed by atoms with E-state index >= 15 is 0 Å². The van der Waals surface area contributed by atoms with Gasteiger partial charge in [0.05, 0.1) is 17.7 Å². The molecule has 5 rings (SSSR count). The van der Waals surface area contributed by atoms with Crippen LogP contribution < -0.4 is 16.6 Å². The zero-order valence-electron chi connectivity index (χ0n) is 21.7. The van der Waals surface area contributed by atoms with Gasteiger partial charge in [-0.15, -0.1) is 0 Å². The zero-order valence-corrected chi connectivity index (χ0v) is 22.5. The predicted octanol–water partition coefficient (Wildman–Crippen LogP) is 5.73. The smallest absolute Gasteiger partial charge is 0.271 e. The van der Waals surface area contributed by atoms with Gasteiger partial charge in [0, 0.05) is 42.2 Å². The zero-order chi connectivity index (χ0) is 26.4. The topological polar surface area (TPSA) is 104 Å². The molecule has 38 heavy (non-hydrogen) atoms. The molecule has 3 N–H and O–H groups in total. The summed E-state index contributed by atoms with van der Waals surface area (Å²) in [5.41, 5.74) is 2.85. The molecule has 0 unspecified atom stereocenters. The second-order valence-corrected chi connectivity index (χ2v) is 8.95. The van der Waals surface area contributed by atoms with Gasteiger partial charge in [0.15, 0.2) is 0 Å². The van der Waals surface area contributed by atoms with Crippen LogP contribution in [-0.4, -0.2) is 41.6 Å². The number of piperazine rings is 1. The Bertz CT molecular complexity index is 1490. The highest BCUT2D eigenvalue weighted by Crippen LogP contribution is 2.30. The van der Waals surface area contributed by atoms with Gasteiger partial charge >= 0.3 is 0 Å². The Morgan fingerprint density at radius 3 is 2.13 bits per heavy atom. The highest BCUT2D eigenvalue weighted by atomic mass is 35.5. The van der Waals surface area contributed by atoms with Crippen LogP contribution in [0, 0.1) is 11.3 Å². The third-order valence-electron chi connectivity index (χ3n) is 6.42. The molecule has 0 atom stereocenters. The van der Waals surface area contributed by atoms with E-state index in [1.165, 1.54) is 0 Å². The summed E-state index contributed by atoms with van der Waals surface area (Å²) >= 11 is 5.95. The minimum Gasteiger partial charge on any atom is -0.366 e. The number of benzene rings is 3. The van der Waals surface area contributed by atoms with Crippen LogP contribution in [0.25, 0.3) is 10.9 Å². The largest absolute Gasteiger partial charge is 0.366 e. The van der Waals surface area contributed by atoms with E-state index in [-0.39, 0.29) is 23.2 Å². The van der Waals surface area contributed by atoms with E-state index in [0.717, 1.165) is 16.5 Å². The number of carbonyl (C=O) groups excluding carboxylic acids is 1.